The lowest BCUT2D eigenvalue weighted by Crippen LogP contribution is -2.59. The molecule has 0 aromatic carbocycles. The highest BCUT2D eigenvalue weighted by atomic mass is 16.7. The van der Waals surface area contributed by atoms with E-state index >= 15 is 0 Å². The minimum atomic E-state index is -1.82. The first-order valence-corrected chi connectivity index (χ1v) is 7.56. The lowest BCUT2D eigenvalue weighted by atomic mass is 9.99. The molecule has 9 atom stereocenters. The van der Waals surface area contributed by atoms with Gasteiger partial charge in [-0.25, -0.2) is 0 Å². The Bertz CT molecular complexity index is 446. The highest BCUT2D eigenvalue weighted by molar-refractivity contribution is 5.36. The lowest BCUT2D eigenvalue weighted by Gasteiger charge is -2.39. The zero-order chi connectivity index (χ0) is 19.9. The predicted octanol–water partition coefficient (Wildman–Crippen LogP) is -4.46. The molecule has 1 heterocycles. The summed E-state index contributed by atoms with van der Waals surface area (Å²) in [5.74, 6) is 0. The van der Waals surface area contributed by atoms with Crippen LogP contribution in [0.25, 0.3) is 0 Å². The van der Waals surface area contributed by atoms with E-state index in [0.29, 0.717) is 0 Å². The molecular weight excluding hydrogens is 360 g/mol. The molecule has 1 aliphatic rings. The number of aliphatic hydroxyl groups is 7. The molecule has 0 spiro atoms. The molecule has 1 aliphatic heterocycles. The maximum Gasteiger partial charge on any atom is 0.293 e. The Morgan fingerprint density at radius 3 is 2.27 bits per heavy atom. The molecule has 1 fully saturated rings. The van der Waals surface area contributed by atoms with Crippen LogP contribution in [0.4, 0.5) is 0 Å². The fourth-order valence-electron chi connectivity index (χ4n) is 2.13. The zero-order valence-corrected chi connectivity index (χ0v) is 13.8. The second-order valence-corrected chi connectivity index (χ2v) is 5.51. The first-order chi connectivity index (χ1) is 12.2. The first kappa shape index (κ1) is 22.7. The molecule has 0 saturated carbocycles. The van der Waals surface area contributed by atoms with Crippen molar-refractivity contribution in [2.45, 2.75) is 55.3 Å². The highest BCUT2D eigenvalue weighted by Gasteiger charge is 2.45. The SMILES string of the molecule is COC(O)C(O)C(O)C(O)/C=C/OC1OC(COC=O)C(O)C(O)C1O. The van der Waals surface area contributed by atoms with Crippen molar-refractivity contribution in [3.05, 3.63) is 12.3 Å². The van der Waals surface area contributed by atoms with Crippen molar-refractivity contribution in [1.29, 1.82) is 0 Å². The number of hydrogen-bond donors (Lipinski definition) is 7. The van der Waals surface area contributed by atoms with Crippen molar-refractivity contribution in [1.82, 2.24) is 0 Å². The van der Waals surface area contributed by atoms with E-state index in [-0.39, 0.29) is 6.47 Å². The second-order valence-electron chi connectivity index (χ2n) is 5.51. The zero-order valence-electron chi connectivity index (χ0n) is 13.8. The van der Waals surface area contributed by atoms with E-state index in [2.05, 4.69) is 9.47 Å². The van der Waals surface area contributed by atoms with Gasteiger partial charge in [0.1, 0.15) is 49.3 Å². The number of carbonyl (C=O) groups excluding carboxylic acids is 1. The van der Waals surface area contributed by atoms with Gasteiger partial charge in [-0.3, -0.25) is 4.79 Å². The normalized spacial score (nSPS) is 34.1. The molecule has 12 nitrogen and oxygen atoms in total. The molecule has 0 aliphatic carbocycles. The van der Waals surface area contributed by atoms with Crippen LogP contribution in [-0.4, -0.2) is 111 Å². The summed E-state index contributed by atoms with van der Waals surface area (Å²) in [5, 5.41) is 67.4. The first-order valence-electron chi connectivity index (χ1n) is 7.56. The summed E-state index contributed by atoms with van der Waals surface area (Å²) in [6, 6.07) is 0. The highest BCUT2D eigenvalue weighted by Crippen LogP contribution is 2.22. The van der Waals surface area contributed by atoms with Crippen molar-refractivity contribution in [2.24, 2.45) is 0 Å². The Hall–Kier alpha value is -1.35. The maximum atomic E-state index is 10.2. The summed E-state index contributed by atoms with van der Waals surface area (Å²) < 4.78 is 19.0. The van der Waals surface area contributed by atoms with Gasteiger partial charge in [0.2, 0.25) is 6.29 Å². The molecular formula is C14H24O12. The van der Waals surface area contributed by atoms with Crippen LogP contribution in [0.3, 0.4) is 0 Å². The molecule has 152 valence electrons. The minimum absolute atomic E-state index is 0.112. The summed E-state index contributed by atoms with van der Waals surface area (Å²) >= 11 is 0. The summed E-state index contributed by atoms with van der Waals surface area (Å²) in [6.45, 7) is -0.290. The van der Waals surface area contributed by atoms with Crippen LogP contribution in [0.5, 0.6) is 0 Å². The Kier molecular flexibility index (Phi) is 9.35. The number of aliphatic hydroxyl groups excluding tert-OH is 7. The van der Waals surface area contributed by atoms with Gasteiger partial charge in [0, 0.05) is 7.11 Å². The van der Waals surface area contributed by atoms with Gasteiger partial charge in [-0.1, -0.05) is 0 Å². The Labute approximate surface area is 148 Å². The van der Waals surface area contributed by atoms with E-state index < -0.39 is 61.9 Å². The van der Waals surface area contributed by atoms with Crippen molar-refractivity contribution < 1.29 is 59.5 Å². The van der Waals surface area contributed by atoms with Crippen LogP contribution >= 0.6 is 0 Å². The van der Waals surface area contributed by atoms with Crippen LogP contribution in [0.15, 0.2) is 12.3 Å². The molecule has 7 N–H and O–H groups in total. The number of carbonyl (C=O) groups is 1. The van der Waals surface area contributed by atoms with Gasteiger partial charge in [0.15, 0.2) is 6.29 Å². The molecule has 0 aromatic heterocycles. The third kappa shape index (κ3) is 5.84. The van der Waals surface area contributed by atoms with Crippen molar-refractivity contribution in [3.63, 3.8) is 0 Å². The molecule has 9 unspecified atom stereocenters. The maximum absolute atomic E-state index is 10.2. The van der Waals surface area contributed by atoms with E-state index in [1.165, 1.54) is 0 Å². The van der Waals surface area contributed by atoms with Crippen molar-refractivity contribution in [3.8, 4) is 0 Å². The van der Waals surface area contributed by atoms with Gasteiger partial charge in [-0.2, -0.15) is 0 Å². The molecule has 26 heavy (non-hydrogen) atoms. The van der Waals surface area contributed by atoms with Crippen LogP contribution in [-0.2, 0) is 23.7 Å². The Balaban J connectivity index is 2.63. The topological polar surface area (TPSA) is 196 Å². The monoisotopic (exact) mass is 384 g/mol. The predicted molar refractivity (Wildman–Crippen MR) is 80.0 cm³/mol. The average Bonchev–Trinajstić information content (AvgIpc) is 2.64. The van der Waals surface area contributed by atoms with Gasteiger partial charge < -0.3 is 54.7 Å². The van der Waals surface area contributed by atoms with Crippen LogP contribution in [0.1, 0.15) is 0 Å². The van der Waals surface area contributed by atoms with Gasteiger partial charge in [-0.15, -0.1) is 0 Å². The number of ether oxygens (including phenoxy) is 4. The molecule has 12 heteroatoms. The minimum Gasteiger partial charge on any atom is -0.470 e. The smallest absolute Gasteiger partial charge is 0.293 e. The molecule has 0 bridgehead atoms. The van der Waals surface area contributed by atoms with Crippen molar-refractivity contribution in [2.75, 3.05) is 13.7 Å². The van der Waals surface area contributed by atoms with E-state index in [9.17, 15) is 40.5 Å². The van der Waals surface area contributed by atoms with E-state index in [1.54, 1.807) is 0 Å². The van der Waals surface area contributed by atoms with Crippen LogP contribution in [0, 0.1) is 0 Å². The third-order valence-corrected chi connectivity index (χ3v) is 3.72. The summed E-state index contributed by atoms with van der Waals surface area (Å²) in [5.41, 5.74) is 0. The lowest BCUT2D eigenvalue weighted by molar-refractivity contribution is -0.288. The summed E-state index contributed by atoms with van der Waals surface area (Å²) in [4.78, 5) is 10.2. The summed E-state index contributed by atoms with van der Waals surface area (Å²) in [7, 11) is 1.08. The van der Waals surface area contributed by atoms with Gasteiger partial charge in [-0.05, 0) is 6.08 Å². The molecule has 1 rings (SSSR count). The quantitative estimate of drug-likeness (QED) is 0.109. The second kappa shape index (κ2) is 10.7. The van der Waals surface area contributed by atoms with E-state index in [0.717, 1.165) is 19.4 Å². The fourth-order valence-corrected chi connectivity index (χ4v) is 2.13. The fraction of sp³-hybridized carbons (Fsp3) is 0.786. The van der Waals surface area contributed by atoms with Crippen LogP contribution < -0.4 is 0 Å². The number of rotatable bonds is 10. The van der Waals surface area contributed by atoms with E-state index in [1.807, 2.05) is 0 Å². The van der Waals surface area contributed by atoms with Crippen molar-refractivity contribution >= 4 is 6.47 Å². The molecule has 0 aromatic rings. The Morgan fingerprint density at radius 2 is 1.69 bits per heavy atom. The van der Waals surface area contributed by atoms with Gasteiger partial charge in [0.25, 0.3) is 6.47 Å². The largest absolute Gasteiger partial charge is 0.470 e. The van der Waals surface area contributed by atoms with Gasteiger partial charge >= 0.3 is 0 Å². The number of hydrogen-bond acceptors (Lipinski definition) is 12. The molecule has 1 saturated heterocycles. The molecule has 0 radical (unpaired) electrons. The number of methoxy groups -OCH3 is 1. The molecule has 0 amide bonds. The Morgan fingerprint density at radius 1 is 1.04 bits per heavy atom. The van der Waals surface area contributed by atoms with E-state index in [4.69, 9.17) is 9.47 Å². The van der Waals surface area contributed by atoms with Crippen LogP contribution in [0.2, 0.25) is 0 Å². The summed E-state index contributed by atoms with van der Waals surface area (Å²) in [6.07, 6.45) is -12.9. The average molecular weight is 384 g/mol. The third-order valence-electron chi connectivity index (χ3n) is 3.72. The standard InChI is InChI=1S/C14H24O12/c1-23-13(22)11(20)8(17)6(16)2-3-25-14-12(21)10(19)9(18)7(26-14)4-24-5-15/h2-3,5-14,16-22H,4H2,1H3/b3-2+. The van der Waals surface area contributed by atoms with Gasteiger partial charge in [0.05, 0.1) is 6.26 Å².